The van der Waals surface area contributed by atoms with E-state index in [0.717, 1.165) is 37.0 Å². The van der Waals surface area contributed by atoms with E-state index in [0.29, 0.717) is 6.61 Å². The molecule has 0 aromatic heterocycles. The fraction of sp³-hybridized carbons (Fsp3) is 0.588. The first-order valence-electron chi connectivity index (χ1n) is 7.70. The zero-order valence-corrected chi connectivity index (χ0v) is 12.7. The highest BCUT2D eigenvalue weighted by atomic mass is 16.7. The molecule has 1 heterocycles. The fourth-order valence-corrected chi connectivity index (χ4v) is 3.57. The Bertz CT molecular complexity index is 516. The molecule has 1 unspecified atom stereocenters. The Kier molecular flexibility index (Phi) is 3.66. The van der Waals surface area contributed by atoms with Crippen LogP contribution in [-0.4, -0.2) is 25.3 Å². The number of epoxide rings is 1. The maximum Gasteiger partial charge on any atom is 0.346 e. The van der Waals surface area contributed by atoms with Gasteiger partial charge >= 0.3 is 5.97 Å². The Morgan fingerprint density at radius 2 is 1.86 bits per heavy atom. The van der Waals surface area contributed by atoms with Gasteiger partial charge in [-0.2, -0.15) is 0 Å². The van der Waals surface area contributed by atoms with Crippen LogP contribution in [0.2, 0.25) is 0 Å². The van der Waals surface area contributed by atoms with Crippen molar-refractivity contribution in [1.82, 2.24) is 0 Å². The lowest BCUT2D eigenvalue weighted by Gasteiger charge is -2.23. The van der Waals surface area contributed by atoms with Gasteiger partial charge in [0.25, 0.3) is 0 Å². The summed E-state index contributed by atoms with van der Waals surface area (Å²) in [5.41, 5.74) is -0.384. The molecule has 4 nitrogen and oxygen atoms in total. The Hall–Kier alpha value is -1.55. The first-order chi connectivity index (χ1) is 10.2. The molecular formula is C17H22O4. The maximum atomic E-state index is 12.6. The fourth-order valence-electron chi connectivity index (χ4n) is 3.57. The molecule has 0 N–H and O–H groups in total. The summed E-state index contributed by atoms with van der Waals surface area (Å²) in [5, 5.41) is 0. The summed E-state index contributed by atoms with van der Waals surface area (Å²) >= 11 is 0. The summed E-state index contributed by atoms with van der Waals surface area (Å²) in [6.45, 7) is 2.20. The summed E-state index contributed by atoms with van der Waals surface area (Å²) in [5.74, 6) is 0.521. The quantitative estimate of drug-likeness (QED) is 0.631. The molecule has 0 bridgehead atoms. The van der Waals surface area contributed by atoms with Crippen molar-refractivity contribution in [3.63, 3.8) is 0 Å². The molecule has 1 aliphatic carbocycles. The zero-order chi connectivity index (χ0) is 14.9. The van der Waals surface area contributed by atoms with Gasteiger partial charge in [-0.05, 0) is 37.5 Å². The number of esters is 1. The second kappa shape index (κ2) is 5.34. The molecule has 0 amide bonds. The summed E-state index contributed by atoms with van der Waals surface area (Å²) in [6, 6.07) is 7.57. The topological polar surface area (TPSA) is 48.1 Å². The Morgan fingerprint density at radius 3 is 2.43 bits per heavy atom. The van der Waals surface area contributed by atoms with Crippen molar-refractivity contribution in [3.8, 4) is 5.75 Å². The number of rotatable bonds is 4. The van der Waals surface area contributed by atoms with Crippen molar-refractivity contribution in [2.45, 2.75) is 50.2 Å². The van der Waals surface area contributed by atoms with Gasteiger partial charge in [0, 0.05) is 0 Å². The molecule has 2 fully saturated rings. The minimum atomic E-state index is -0.907. The van der Waals surface area contributed by atoms with Gasteiger partial charge in [0.1, 0.15) is 11.4 Å². The van der Waals surface area contributed by atoms with Crippen LogP contribution >= 0.6 is 0 Å². The molecule has 1 saturated carbocycles. The predicted molar refractivity (Wildman–Crippen MR) is 78.2 cm³/mol. The molecule has 3 rings (SSSR count). The van der Waals surface area contributed by atoms with Crippen LogP contribution in [0.3, 0.4) is 0 Å². The van der Waals surface area contributed by atoms with Gasteiger partial charge in [-0.25, -0.2) is 4.79 Å². The van der Waals surface area contributed by atoms with Gasteiger partial charge in [-0.3, -0.25) is 0 Å². The highest BCUT2D eigenvalue weighted by Gasteiger charge is 2.75. The van der Waals surface area contributed by atoms with E-state index in [1.54, 1.807) is 7.11 Å². The van der Waals surface area contributed by atoms with Gasteiger partial charge in [-0.1, -0.05) is 31.4 Å². The third kappa shape index (κ3) is 2.13. The van der Waals surface area contributed by atoms with Gasteiger partial charge in [-0.15, -0.1) is 0 Å². The molecular weight excluding hydrogens is 268 g/mol. The monoisotopic (exact) mass is 290 g/mol. The third-order valence-electron chi connectivity index (χ3n) is 4.67. The number of methoxy groups -OCH3 is 1. The van der Waals surface area contributed by atoms with Crippen LogP contribution in [0.15, 0.2) is 24.3 Å². The number of hydrogen-bond acceptors (Lipinski definition) is 4. The van der Waals surface area contributed by atoms with Crippen LogP contribution in [0, 0.1) is 0 Å². The molecule has 114 valence electrons. The molecule has 1 aromatic carbocycles. The van der Waals surface area contributed by atoms with Crippen LogP contribution in [0.25, 0.3) is 0 Å². The van der Waals surface area contributed by atoms with Crippen LogP contribution in [0.1, 0.15) is 44.6 Å². The van der Waals surface area contributed by atoms with E-state index in [2.05, 4.69) is 0 Å². The number of ether oxygens (including phenoxy) is 3. The number of carbonyl (C=O) groups is 1. The largest absolute Gasteiger partial charge is 0.497 e. The van der Waals surface area contributed by atoms with E-state index in [-0.39, 0.29) is 11.6 Å². The highest BCUT2D eigenvalue weighted by Crippen LogP contribution is 2.63. The summed E-state index contributed by atoms with van der Waals surface area (Å²) in [7, 11) is 1.63. The summed E-state index contributed by atoms with van der Waals surface area (Å²) < 4.78 is 16.6. The number of carbonyl (C=O) groups excluding carboxylic acids is 1. The lowest BCUT2D eigenvalue weighted by molar-refractivity contribution is -0.150. The van der Waals surface area contributed by atoms with Crippen LogP contribution < -0.4 is 4.74 Å². The maximum absolute atomic E-state index is 12.6. The molecule has 1 aromatic rings. The van der Waals surface area contributed by atoms with E-state index in [1.807, 2.05) is 31.2 Å². The standard InChI is InChI=1S/C17H22O4/c1-3-20-15(18)17(13-7-9-14(19-2)10-8-13)16(21-17)11-5-4-6-12-16/h7-10H,3-6,11-12H2,1-2H3. The summed E-state index contributed by atoms with van der Waals surface area (Å²) in [4.78, 5) is 12.6. The molecule has 1 saturated heterocycles. The summed E-state index contributed by atoms with van der Waals surface area (Å²) in [6.07, 6.45) is 5.29. The highest BCUT2D eigenvalue weighted by molar-refractivity contribution is 5.86. The predicted octanol–water partition coefficient (Wildman–Crippen LogP) is 3.19. The molecule has 1 atom stereocenters. The van der Waals surface area contributed by atoms with E-state index < -0.39 is 5.60 Å². The number of hydrogen-bond donors (Lipinski definition) is 0. The Morgan fingerprint density at radius 1 is 1.19 bits per heavy atom. The van der Waals surface area contributed by atoms with E-state index in [4.69, 9.17) is 14.2 Å². The first kappa shape index (κ1) is 14.4. The lowest BCUT2D eigenvalue weighted by Crippen LogP contribution is -2.35. The molecule has 0 radical (unpaired) electrons. The average molecular weight is 290 g/mol. The second-order valence-electron chi connectivity index (χ2n) is 5.79. The first-order valence-corrected chi connectivity index (χ1v) is 7.70. The smallest absolute Gasteiger partial charge is 0.346 e. The lowest BCUT2D eigenvalue weighted by atomic mass is 9.77. The van der Waals surface area contributed by atoms with E-state index in [9.17, 15) is 4.79 Å². The van der Waals surface area contributed by atoms with Gasteiger partial charge < -0.3 is 14.2 Å². The Labute approximate surface area is 125 Å². The normalized spacial score (nSPS) is 26.4. The van der Waals surface area contributed by atoms with Crippen LogP contribution in [-0.2, 0) is 19.9 Å². The Balaban J connectivity index is 1.95. The van der Waals surface area contributed by atoms with Gasteiger partial charge in [0.05, 0.1) is 13.7 Å². The van der Waals surface area contributed by atoms with Crippen molar-refractivity contribution in [1.29, 1.82) is 0 Å². The van der Waals surface area contributed by atoms with Crippen LogP contribution in [0.4, 0.5) is 0 Å². The molecule has 4 heteroatoms. The third-order valence-corrected chi connectivity index (χ3v) is 4.67. The van der Waals surface area contributed by atoms with Gasteiger partial charge in [0.15, 0.2) is 0 Å². The zero-order valence-electron chi connectivity index (χ0n) is 12.7. The molecule has 1 aliphatic heterocycles. The van der Waals surface area contributed by atoms with E-state index >= 15 is 0 Å². The SMILES string of the molecule is CCOC(=O)C1(c2ccc(OC)cc2)OC12CCCCC2. The van der Waals surface area contributed by atoms with Crippen molar-refractivity contribution >= 4 is 5.97 Å². The minimum absolute atomic E-state index is 0.253. The minimum Gasteiger partial charge on any atom is -0.497 e. The molecule has 1 spiro atoms. The second-order valence-corrected chi connectivity index (χ2v) is 5.79. The van der Waals surface area contributed by atoms with Crippen molar-refractivity contribution < 1.29 is 19.0 Å². The van der Waals surface area contributed by atoms with Crippen molar-refractivity contribution in [3.05, 3.63) is 29.8 Å². The molecule has 21 heavy (non-hydrogen) atoms. The van der Waals surface area contributed by atoms with Crippen LogP contribution in [0.5, 0.6) is 5.75 Å². The van der Waals surface area contributed by atoms with E-state index in [1.165, 1.54) is 6.42 Å². The van der Waals surface area contributed by atoms with Gasteiger partial charge in [0.2, 0.25) is 5.60 Å². The van der Waals surface area contributed by atoms with Crippen molar-refractivity contribution in [2.75, 3.05) is 13.7 Å². The molecule has 2 aliphatic rings. The van der Waals surface area contributed by atoms with Crippen molar-refractivity contribution in [2.24, 2.45) is 0 Å². The number of benzene rings is 1. The average Bonchev–Trinajstić information content (AvgIpc) is 3.17.